The molecule has 10 heteroatoms. The molecule has 2 aliphatic heterocycles. The summed E-state index contributed by atoms with van der Waals surface area (Å²) in [5.41, 5.74) is 1.67. The van der Waals surface area contributed by atoms with Crippen LogP contribution in [-0.4, -0.2) is 33.4 Å². The SMILES string of the molecule is O=C1C(Nc2ccc3c(c2)OCO3)=C(c2ccc([N+](=O)[O-])cc2)C(=O)N1Cc1cccnc1. The molecule has 3 heterocycles. The molecular weight excluding hydrogens is 428 g/mol. The van der Waals surface area contributed by atoms with E-state index in [2.05, 4.69) is 10.3 Å². The molecule has 33 heavy (non-hydrogen) atoms. The van der Waals surface area contributed by atoms with E-state index in [1.54, 1.807) is 42.7 Å². The van der Waals surface area contributed by atoms with Crippen LogP contribution in [0.5, 0.6) is 11.5 Å². The lowest BCUT2D eigenvalue weighted by molar-refractivity contribution is -0.384. The molecule has 3 aromatic rings. The van der Waals surface area contributed by atoms with Crippen LogP contribution in [0.1, 0.15) is 11.1 Å². The van der Waals surface area contributed by atoms with Crippen molar-refractivity contribution in [1.29, 1.82) is 0 Å². The number of ether oxygens (including phenoxy) is 2. The summed E-state index contributed by atoms with van der Waals surface area (Å²) in [6, 6.07) is 14.1. The van der Waals surface area contributed by atoms with E-state index in [1.165, 1.54) is 24.3 Å². The molecule has 0 bridgehead atoms. The summed E-state index contributed by atoms with van der Waals surface area (Å²) in [5.74, 6) is 0.0643. The van der Waals surface area contributed by atoms with Crippen molar-refractivity contribution in [2.24, 2.45) is 0 Å². The molecule has 0 unspecified atom stereocenters. The molecule has 0 saturated heterocycles. The highest BCUT2D eigenvalue weighted by atomic mass is 16.7. The Bertz CT molecular complexity index is 1300. The van der Waals surface area contributed by atoms with Crippen LogP contribution in [0.15, 0.2) is 72.7 Å². The lowest BCUT2D eigenvalue weighted by Gasteiger charge is -2.15. The summed E-state index contributed by atoms with van der Waals surface area (Å²) >= 11 is 0. The molecule has 1 N–H and O–H groups in total. The van der Waals surface area contributed by atoms with Crippen LogP contribution in [0.4, 0.5) is 11.4 Å². The summed E-state index contributed by atoms with van der Waals surface area (Å²) < 4.78 is 10.7. The molecule has 0 atom stereocenters. The van der Waals surface area contributed by atoms with Gasteiger partial charge in [-0.05, 0) is 41.5 Å². The minimum Gasteiger partial charge on any atom is -0.454 e. The van der Waals surface area contributed by atoms with Gasteiger partial charge in [0.25, 0.3) is 17.5 Å². The molecule has 0 spiro atoms. The number of nitrogens with zero attached hydrogens (tertiary/aromatic N) is 3. The molecule has 0 aliphatic carbocycles. The van der Waals surface area contributed by atoms with E-state index in [4.69, 9.17) is 9.47 Å². The van der Waals surface area contributed by atoms with Crippen LogP contribution in [-0.2, 0) is 16.1 Å². The quantitative estimate of drug-likeness (QED) is 0.349. The highest BCUT2D eigenvalue weighted by Crippen LogP contribution is 2.37. The second-order valence-electron chi connectivity index (χ2n) is 7.30. The summed E-state index contributed by atoms with van der Waals surface area (Å²) in [7, 11) is 0. The Balaban J connectivity index is 1.54. The fourth-order valence-electron chi connectivity index (χ4n) is 3.65. The lowest BCUT2D eigenvalue weighted by Crippen LogP contribution is -2.32. The van der Waals surface area contributed by atoms with E-state index in [0.717, 1.165) is 4.90 Å². The Morgan fingerprint density at radius 1 is 1.03 bits per heavy atom. The van der Waals surface area contributed by atoms with E-state index in [-0.39, 0.29) is 30.3 Å². The van der Waals surface area contributed by atoms with Crippen LogP contribution in [0, 0.1) is 10.1 Å². The van der Waals surface area contributed by atoms with Gasteiger partial charge in [-0.2, -0.15) is 0 Å². The number of nitro benzene ring substituents is 1. The van der Waals surface area contributed by atoms with Crippen LogP contribution in [0.25, 0.3) is 5.57 Å². The first-order valence-electron chi connectivity index (χ1n) is 9.92. The van der Waals surface area contributed by atoms with Crippen molar-refractivity contribution in [1.82, 2.24) is 9.88 Å². The molecule has 2 aliphatic rings. The van der Waals surface area contributed by atoms with E-state index in [0.29, 0.717) is 28.3 Å². The number of carbonyl (C=O) groups is 2. The molecule has 5 rings (SSSR count). The Morgan fingerprint density at radius 3 is 2.55 bits per heavy atom. The minimum atomic E-state index is -0.528. The van der Waals surface area contributed by atoms with Gasteiger partial charge in [0.2, 0.25) is 6.79 Å². The highest BCUT2D eigenvalue weighted by molar-refractivity contribution is 6.36. The third kappa shape index (κ3) is 3.74. The number of non-ortho nitro benzene ring substituents is 1. The average molecular weight is 444 g/mol. The summed E-state index contributed by atoms with van der Waals surface area (Å²) in [4.78, 5) is 42.3. The van der Waals surface area contributed by atoms with Crippen molar-refractivity contribution < 1.29 is 24.0 Å². The van der Waals surface area contributed by atoms with Crippen LogP contribution in [0.3, 0.4) is 0 Å². The summed E-state index contributed by atoms with van der Waals surface area (Å²) in [6.45, 7) is 0.139. The second-order valence-corrected chi connectivity index (χ2v) is 7.30. The maximum absolute atomic E-state index is 13.3. The van der Waals surface area contributed by atoms with Gasteiger partial charge in [0.1, 0.15) is 5.70 Å². The molecule has 0 fully saturated rings. The number of imide groups is 1. The molecule has 0 saturated carbocycles. The predicted octanol–water partition coefficient (Wildman–Crippen LogP) is 3.11. The van der Waals surface area contributed by atoms with Gasteiger partial charge in [-0.25, -0.2) is 0 Å². The topological polar surface area (TPSA) is 124 Å². The van der Waals surface area contributed by atoms with Gasteiger partial charge >= 0.3 is 0 Å². The first-order valence-corrected chi connectivity index (χ1v) is 9.92. The van der Waals surface area contributed by atoms with Crippen molar-refractivity contribution in [2.75, 3.05) is 12.1 Å². The Kier molecular flexibility index (Phi) is 4.94. The minimum absolute atomic E-state index is 0.0360. The van der Waals surface area contributed by atoms with E-state index in [9.17, 15) is 19.7 Å². The number of nitrogens with one attached hydrogen (secondary N) is 1. The number of carbonyl (C=O) groups excluding carboxylic acids is 2. The Labute approximate surface area is 187 Å². The summed E-state index contributed by atoms with van der Waals surface area (Å²) in [5, 5.41) is 14.1. The first-order chi connectivity index (χ1) is 16.0. The zero-order chi connectivity index (χ0) is 22.9. The third-order valence-electron chi connectivity index (χ3n) is 5.24. The maximum atomic E-state index is 13.3. The monoisotopic (exact) mass is 444 g/mol. The van der Waals surface area contributed by atoms with E-state index in [1.807, 2.05) is 0 Å². The first kappa shape index (κ1) is 20.2. The molecule has 164 valence electrons. The van der Waals surface area contributed by atoms with E-state index >= 15 is 0 Å². The van der Waals surface area contributed by atoms with Crippen molar-refractivity contribution in [2.45, 2.75) is 6.54 Å². The molecular formula is C23H16N4O6. The molecule has 1 aromatic heterocycles. The number of aromatic nitrogens is 1. The predicted molar refractivity (Wildman–Crippen MR) is 116 cm³/mol. The lowest BCUT2D eigenvalue weighted by atomic mass is 10.0. The van der Waals surface area contributed by atoms with Gasteiger partial charge in [0.05, 0.1) is 17.0 Å². The number of rotatable bonds is 6. The number of anilines is 1. The fraction of sp³-hybridized carbons (Fsp3) is 0.0870. The van der Waals surface area contributed by atoms with Crippen molar-refractivity contribution in [3.05, 3.63) is 93.9 Å². The number of benzene rings is 2. The zero-order valence-corrected chi connectivity index (χ0v) is 17.1. The normalized spacial score (nSPS) is 14.7. The van der Waals surface area contributed by atoms with Crippen molar-refractivity contribution in [3.63, 3.8) is 0 Å². The third-order valence-corrected chi connectivity index (χ3v) is 5.24. The largest absolute Gasteiger partial charge is 0.454 e. The Morgan fingerprint density at radius 2 is 1.82 bits per heavy atom. The van der Waals surface area contributed by atoms with Gasteiger partial charge < -0.3 is 14.8 Å². The van der Waals surface area contributed by atoms with Gasteiger partial charge in [0.15, 0.2) is 11.5 Å². The molecule has 2 amide bonds. The summed E-state index contributed by atoms with van der Waals surface area (Å²) in [6.07, 6.45) is 3.18. The number of nitro groups is 1. The standard InChI is InChI=1S/C23H16N4O6/c28-22-20(15-3-6-17(7-4-15)27(30)31)21(23(29)26(22)12-14-2-1-9-24-11-14)25-16-5-8-18-19(10-16)33-13-32-18/h1-11,25H,12-13H2. The highest BCUT2D eigenvalue weighted by Gasteiger charge is 2.39. The zero-order valence-electron chi connectivity index (χ0n) is 17.1. The second kappa shape index (κ2) is 8.08. The van der Waals surface area contributed by atoms with Gasteiger partial charge in [0, 0.05) is 36.3 Å². The molecule has 10 nitrogen and oxygen atoms in total. The fourth-order valence-corrected chi connectivity index (χ4v) is 3.65. The van der Waals surface area contributed by atoms with Crippen LogP contribution >= 0.6 is 0 Å². The van der Waals surface area contributed by atoms with E-state index < -0.39 is 16.7 Å². The maximum Gasteiger partial charge on any atom is 0.278 e. The number of hydrogen-bond donors (Lipinski definition) is 1. The number of amides is 2. The number of fused-ring (bicyclic) bond motifs is 1. The molecule has 2 aromatic carbocycles. The smallest absolute Gasteiger partial charge is 0.278 e. The van der Waals surface area contributed by atoms with Gasteiger partial charge in [-0.15, -0.1) is 0 Å². The number of pyridine rings is 1. The van der Waals surface area contributed by atoms with Crippen LogP contribution < -0.4 is 14.8 Å². The van der Waals surface area contributed by atoms with Gasteiger partial charge in [-0.1, -0.05) is 6.07 Å². The van der Waals surface area contributed by atoms with Crippen LogP contribution in [0.2, 0.25) is 0 Å². The molecule has 0 radical (unpaired) electrons. The van der Waals surface area contributed by atoms with Crippen molar-refractivity contribution in [3.8, 4) is 11.5 Å². The number of hydrogen-bond acceptors (Lipinski definition) is 8. The van der Waals surface area contributed by atoms with Gasteiger partial charge in [-0.3, -0.25) is 29.6 Å². The average Bonchev–Trinajstić information content (AvgIpc) is 3.38. The van der Waals surface area contributed by atoms with Crippen molar-refractivity contribution >= 4 is 28.8 Å². The Hall–Kier alpha value is -4.73.